The minimum Gasteiger partial charge on any atom is -0.487 e. The number of thiazole rings is 1. The van der Waals surface area contributed by atoms with Crippen molar-refractivity contribution < 1.29 is 9.47 Å². The average molecular weight is 326 g/mol. The molecule has 23 heavy (non-hydrogen) atoms. The van der Waals surface area contributed by atoms with Crippen molar-refractivity contribution in [2.45, 2.75) is 26.4 Å². The van der Waals surface area contributed by atoms with Gasteiger partial charge in [-0.3, -0.25) is 0 Å². The van der Waals surface area contributed by atoms with Crippen molar-refractivity contribution in [3.05, 3.63) is 64.7 Å². The van der Waals surface area contributed by atoms with Crippen molar-refractivity contribution in [2.24, 2.45) is 0 Å². The van der Waals surface area contributed by atoms with Gasteiger partial charge in [-0.15, -0.1) is 11.3 Å². The van der Waals surface area contributed by atoms with E-state index in [0.717, 1.165) is 30.0 Å². The van der Waals surface area contributed by atoms with Gasteiger partial charge in [-0.05, 0) is 43.2 Å². The summed E-state index contributed by atoms with van der Waals surface area (Å²) in [4.78, 5) is 8.68. The summed E-state index contributed by atoms with van der Waals surface area (Å²) >= 11 is 1.69. The molecule has 0 atom stereocenters. The van der Waals surface area contributed by atoms with Crippen molar-refractivity contribution in [1.29, 1.82) is 0 Å². The molecule has 2 heterocycles. The van der Waals surface area contributed by atoms with Gasteiger partial charge in [0.25, 0.3) is 0 Å². The number of aryl methyl sites for hydroxylation is 1. The van der Waals surface area contributed by atoms with Crippen molar-refractivity contribution in [1.82, 2.24) is 9.97 Å². The van der Waals surface area contributed by atoms with Crippen LogP contribution in [0.3, 0.4) is 0 Å². The SMILES string of the molecule is CCCc1nc(COc2ccc(Oc3ccccn3)cc2)cs1. The molecule has 0 aliphatic carbocycles. The van der Waals surface area contributed by atoms with E-state index in [-0.39, 0.29) is 0 Å². The zero-order chi connectivity index (χ0) is 15.9. The number of hydrogen-bond donors (Lipinski definition) is 0. The molecule has 0 saturated carbocycles. The Morgan fingerprint density at radius 2 is 1.87 bits per heavy atom. The van der Waals surface area contributed by atoms with Crippen LogP contribution in [0, 0.1) is 0 Å². The van der Waals surface area contributed by atoms with Gasteiger partial charge in [0.1, 0.15) is 18.1 Å². The topological polar surface area (TPSA) is 44.2 Å². The van der Waals surface area contributed by atoms with Crippen LogP contribution in [0.25, 0.3) is 0 Å². The third kappa shape index (κ3) is 4.53. The smallest absolute Gasteiger partial charge is 0.219 e. The maximum atomic E-state index is 5.76. The van der Waals surface area contributed by atoms with Crippen LogP contribution in [0.2, 0.25) is 0 Å². The summed E-state index contributed by atoms with van der Waals surface area (Å²) in [6.07, 6.45) is 3.85. The van der Waals surface area contributed by atoms with Gasteiger partial charge in [0.2, 0.25) is 5.88 Å². The molecule has 3 aromatic rings. The molecule has 0 bridgehead atoms. The predicted octanol–water partition coefficient (Wildman–Crippen LogP) is 4.86. The highest BCUT2D eigenvalue weighted by Crippen LogP contribution is 2.23. The van der Waals surface area contributed by atoms with Crippen LogP contribution in [-0.2, 0) is 13.0 Å². The van der Waals surface area contributed by atoms with Crippen LogP contribution in [0.1, 0.15) is 24.0 Å². The lowest BCUT2D eigenvalue weighted by atomic mass is 10.3. The summed E-state index contributed by atoms with van der Waals surface area (Å²) in [5, 5.41) is 3.23. The summed E-state index contributed by atoms with van der Waals surface area (Å²) < 4.78 is 11.4. The molecule has 5 heteroatoms. The van der Waals surface area contributed by atoms with Gasteiger partial charge in [-0.1, -0.05) is 13.0 Å². The van der Waals surface area contributed by atoms with Gasteiger partial charge in [0.15, 0.2) is 0 Å². The highest BCUT2D eigenvalue weighted by atomic mass is 32.1. The second kappa shape index (κ2) is 7.74. The first-order valence-electron chi connectivity index (χ1n) is 7.58. The average Bonchev–Trinajstić information content (AvgIpc) is 3.03. The first-order chi connectivity index (χ1) is 11.3. The van der Waals surface area contributed by atoms with E-state index in [1.165, 1.54) is 5.01 Å². The highest BCUT2D eigenvalue weighted by molar-refractivity contribution is 7.09. The van der Waals surface area contributed by atoms with E-state index in [1.807, 2.05) is 42.5 Å². The van der Waals surface area contributed by atoms with Crippen LogP contribution < -0.4 is 9.47 Å². The summed E-state index contributed by atoms with van der Waals surface area (Å²) in [7, 11) is 0. The van der Waals surface area contributed by atoms with Gasteiger partial charge < -0.3 is 9.47 Å². The molecule has 2 aromatic heterocycles. The van der Waals surface area contributed by atoms with E-state index >= 15 is 0 Å². The molecule has 0 N–H and O–H groups in total. The summed E-state index contributed by atoms with van der Waals surface area (Å²) in [6.45, 7) is 2.65. The predicted molar refractivity (Wildman–Crippen MR) is 91.2 cm³/mol. The van der Waals surface area contributed by atoms with E-state index in [2.05, 4.69) is 22.3 Å². The molecule has 0 aliphatic rings. The number of nitrogens with zero attached hydrogens (tertiary/aromatic N) is 2. The van der Waals surface area contributed by atoms with Crippen molar-refractivity contribution in [3.63, 3.8) is 0 Å². The Balaban J connectivity index is 1.54. The zero-order valence-corrected chi connectivity index (χ0v) is 13.8. The van der Waals surface area contributed by atoms with E-state index in [0.29, 0.717) is 12.5 Å². The maximum Gasteiger partial charge on any atom is 0.219 e. The number of ether oxygens (including phenoxy) is 2. The molecule has 0 amide bonds. The van der Waals surface area contributed by atoms with Crippen molar-refractivity contribution in [2.75, 3.05) is 0 Å². The van der Waals surface area contributed by atoms with Gasteiger partial charge in [0.05, 0.1) is 10.7 Å². The minimum absolute atomic E-state index is 0.487. The molecule has 0 saturated heterocycles. The molecule has 0 unspecified atom stereocenters. The largest absolute Gasteiger partial charge is 0.487 e. The van der Waals surface area contributed by atoms with Crippen molar-refractivity contribution in [3.8, 4) is 17.4 Å². The third-order valence-electron chi connectivity index (χ3n) is 3.13. The summed E-state index contributed by atoms with van der Waals surface area (Å²) in [5.74, 6) is 2.10. The van der Waals surface area contributed by atoms with Gasteiger partial charge in [-0.25, -0.2) is 9.97 Å². The van der Waals surface area contributed by atoms with E-state index in [4.69, 9.17) is 9.47 Å². The first-order valence-corrected chi connectivity index (χ1v) is 8.46. The molecule has 0 fully saturated rings. The second-order valence-electron chi connectivity index (χ2n) is 5.01. The lowest BCUT2D eigenvalue weighted by Crippen LogP contribution is -1.96. The Bertz CT molecular complexity index is 726. The van der Waals surface area contributed by atoms with Crippen LogP contribution in [0.4, 0.5) is 0 Å². The first kappa shape index (κ1) is 15.5. The Morgan fingerprint density at radius 1 is 1.04 bits per heavy atom. The summed E-state index contributed by atoms with van der Waals surface area (Å²) in [5.41, 5.74) is 0.979. The number of benzene rings is 1. The standard InChI is InChI=1S/C18H18N2O2S/c1-2-5-18-20-14(13-23-18)12-21-15-7-9-16(10-8-15)22-17-6-3-4-11-19-17/h3-4,6-11,13H,2,5,12H2,1H3. The lowest BCUT2D eigenvalue weighted by Gasteiger charge is -2.07. The van der Waals surface area contributed by atoms with Crippen LogP contribution in [-0.4, -0.2) is 9.97 Å². The fraction of sp³-hybridized carbons (Fsp3) is 0.222. The van der Waals surface area contributed by atoms with E-state index in [1.54, 1.807) is 17.5 Å². The second-order valence-corrected chi connectivity index (χ2v) is 5.96. The molecule has 118 valence electrons. The number of aromatic nitrogens is 2. The normalized spacial score (nSPS) is 10.5. The highest BCUT2D eigenvalue weighted by Gasteiger charge is 2.03. The number of rotatable bonds is 7. The fourth-order valence-corrected chi connectivity index (χ4v) is 2.92. The van der Waals surface area contributed by atoms with Crippen LogP contribution in [0.15, 0.2) is 54.0 Å². The minimum atomic E-state index is 0.487. The Hall–Kier alpha value is -2.40. The molecule has 0 radical (unpaired) electrons. The fourth-order valence-electron chi connectivity index (χ4n) is 2.03. The summed E-state index contributed by atoms with van der Waals surface area (Å²) in [6, 6.07) is 13.1. The number of hydrogen-bond acceptors (Lipinski definition) is 5. The van der Waals surface area contributed by atoms with E-state index < -0.39 is 0 Å². The number of pyridine rings is 1. The molecule has 0 spiro atoms. The van der Waals surface area contributed by atoms with Gasteiger partial charge >= 0.3 is 0 Å². The molecule has 3 rings (SSSR count). The molecular formula is C18H18N2O2S. The Kier molecular flexibility index (Phi) is 5.21. The molecule has 4 nitrogen and oxygen atoms in total. The quantitative estimate of drug-likeness (QED) is 0.622. The molecular weight excluding hydrogens is 308 g/mol. The van der Waals surface area contributed by atoms with E-state index in [9.17, 15) is 0 Å². The van der Waals surface area contributed by atoms with Crippen LogP contribution >= 0.6 is 11.3 Å². The molecule has 0 aliphatic heterocycles. The monoisotopic (exact) mass is 326 g/mol. The molecule has 1 aromatic carbocycles. The third-order valence-corrected chi connectivity index (χ3v) is 4.09. The maximum absolute atomic E-state index is 5.76. The Morgan fingerprint density at radius 3 is 2.61 bits per heavy atom. The van der Waals surface area contributed by atoms with Gasteiger partial charge in [-0.2, -0.15) is 0 Å². The van der Waals surface area contributed by atoms with Gasteiger partial charge in [0, 0.05) is 17.6 Å². The van der Waals surface area contributed by atoms with Crippen LogP contribution in [0.5, 0.6) is 17.4 Å². The lowest BCUT2D eigenvalue weighted by molar-refractivity contribution is 0.301. The zero-order valence-electron chi connectivity index (χ0n) is 12.9. The Labute approximate surface area is 139 Å². The van der Waals surface area contributed by atoms with Crippen molar-refractivity contribution >= 4 is 11.3 Å².